The van der Waals surface area contributed by atoms with Crippen LogP contribution in [0.3, 0.4) is 0 Å². The van der Waals surface area contributed by atoms with Gasteiger partial charge in [0.05, 0.1) is 26.0 Å². The lowest BCUT2D eigenvalue weighted by Gasteiger charge is -2.41. The van der Waals surface area contributed by atoms with E-state index < -0.39 is 36.4 Å². The number of nitrogens with one attached hydrogen (secondary N) is 1. The lowest BCUT2D eigenvalue weighted by molar-refractivity contribution is -0.847. The van der Waals surface area contributed by atoms with Crippen LogP contribution < -0.4 is 5.43 Å². The minimum atomic E-state index is -3.83. The predicted octanol–water partition coefficient (Wildman–Crippen LogP) is 0.205. The Balaban J connectivity index is 2.14. The normalized spacial score (nSPS) is 24.3. The van der Waals surface area contributed by atoms with Crippen molar-refractivity contribution in [3.63, 3.8) is 0 Å². The van der Waals surface area contributed by atoms with Crippen LogP contribution in [0.1, 0.15) is 25.7 Å². The molecule has 2 heterocycles. The number of halogens is 1. The molecular formula is C14H27ClN3O7S2+. The maximum atomic E-state index is 12.9. The predicted molar refractivity (Wildman–Crippen MR) is 98.7 cm³/mol. The number of amides is 1. The highest BCUT2D eigenvalue weighted by atomic mass is 35.5. The smallest absolute Gasteiger partial charge is 0.416 e. The largest absolute Gasteiger partial charge is 0.455 e. The SMILES string of the molecule is CS(=O)(=O)N1CC[N+](NC(=O)OC2CCCCO2)(S(=O)(=O)CCCCl)CC1. The van der Waals surface area contributed by atoms with Gasteiger partial charge in [0, 0.05) is 12.3 Å². The number of hydrogen-bond donors (Lipinski definition) is 1. The van der Waals surface area contributed by atoms with Crippen LogP contribution in [0, 0.1) is 0 Å². The van der Waals surface area contributed by atoms with E-state index in [2.05, 4.69) is 5.43 Å². The van der Waals surface area contributed by atoms with Crippen LogP contribution in [0.15, 0.2) is 0 Å². The lowest BCUT2D eigenvalue weighted by Crippen LogP contribution is -2.70. The van der Waals surface area contributed by atoms with E-state index in [9.17, 15) is 21.6 Å². The molecule has 0 bridgehead atoms. The van der Waals surface area contributed by atoms with E-state index in [1.807, 2.05) is 0 Å². The maximum Gasteiger partial charge on any atom is 0.455 e. The van der Waals surface area contributed by atoms with Crippen molar-refractivity contribution in [3.8, 4) is 0 Å². The molecule has 2 aliphatic rings. The Morgan fingerprint density at radius 2 is 1.93 bits per heavy atom. The Hall–Kier alpha value is -0.660. The second-order valence-corrected chi connectivity index (χ2v) is 11.3. The summed E-state index contributed by atoms with van der Waals surface area (Å²) in [6, 6.07) is 0. The first-order valence-electron chi connectivity index (χ1n) is 8.81. The Bertz CT molecular complexity index is 715. The summed E-state index contributed by atoms with van der Waals surface area (Å²) in [6.45, 7) is 0.199. The van der Waals surface area contributed by atoms with Gasteiger partial charge in [0.2, 0.25) is 16.3 Å². The monoisotopic (exact) mass is 448 g/mol. The van der Waals surface area contributed by atoms with Gasteiger partial charge in [-0.05, 0) is 19.3 Å². The molecule has 158 valence electrons. The van der Waals surface area contributed by atoms with E-state index >= 15 is 0 Å². The lowest BCUT2D eigenvalue weighted by atomic mass is 10.2. The molecule has 27 heavy (non-hydrogen) atoms. The number of nitrogens with zero attached hydrogens (tertiary/aromatic N) is 2. The second-order valence-electron chi connectivity index (χ2n) is 6.64. The zero-order valence-corrected chi connectivity index (χ0v) is 17.7. The molecule has 0 aromatic heterocycles. The molecule has 2 aliphatic heterocycles. The van der Waals surface area contributed by atoms with Crippen molar-refractivity contribution in [3.05, 3.63) is 0 Å². The zero-order valence-electron chi connectivity index (χ0n) is 15.3. The first-order chi connectivity index (χ1) is 12.6. The molecule has 0 aromatic carbocycles. The molecule has 0 aromatic rings. The number of quaternary nitrogens is 1. The highest BCUT2D eigenvalue weighted by Gasteiger charge is 2.48. The Labute approximate surface area is 165 Å². The van der Waals surface area contributed by atoms with Crippen LogP contribution in [0.5, 0.6) is 0 Å². The van der Waals surface area contributed by atoms with Crippen LogP contribution >= 0.6 is 11.6 Å². The van der Waals surface area contributed by atoms with E-state index in [4.69, 9.17) is 21.1 Å². The van der Waals surface area contributed by atoms with Crippen molar-refractivity contribution in [2.45, 2.75) is 32.0 Å². The molecule has 2 rings (SSSR count). The van der Waals surface area contributed by atoms with E-state index in [0.29, 0.717) is 13.0 Å². The molecule has 1 amide bonds. The van der Waals surface area contributed by atoms with Gasteiger partial charge in [0.15, 0.2) is 0 Å². The van der Waals surface area contributed by atoms with Crippen LogP contribution in [0.25, 0.3) is 0 Å². The molecule has 2 saturated heterocycles. The van der Waals surface area contributed by atoms with Crippen molar-refractivity contribution in [2.24, 2.45) is 0 Å². The third-order valence-electron chi connectivity index (χ3n) is 4.63. The number of carbonyl (C=O) groups excluding carboxylic acids is 1. The molecule has 13 heteroatoms. The second kappa shape index (κ2) is 9.23. The molecule has 0 aliphatic carbocycles. The van der Waals surface area contributed by atoms with Crippen LogP contribution in [-0.4, -0.2) is 88.2 Å². The standard InChI is InChI=1S/C14H26ClN3O7S2/c1-26(20,21)17-7-9-18(10-8-17,27(22,23)12-4-6-15)16-14(19)25-13-5-2-3-11-24-13/h13H,2-12H2,1H3/p+1. The molecular weight excluding hydrogens is 422 g/mol. The topological polar surface area (TPSA) is 119 Å². The van der Waals surface area contributed by atoms with Gasteiger partial charge >= 0.3 is 16.1 Å². The molecule has 0 radical (unpaired) electrons. The maximum absolute atomic E-state index is 12.9. The fourth-order valence-corrected chi connectivity index (χ4v) is 6.00. The zero-order chi connectivity index (χ0) is 20.1. The van der Waals surface area contributed by atoms with E-state index in [0.717, 1.165) is 19.1 Å². The van der Waals surface area contributed by atoms with Gasteiger partial charge < -0.3 is 9.47 Å². The average Bonchev–Trinajstić information content (AvgIpc) is 2.60. The number of piperazine rings is 1. The van der Waals surface area contributed by atoms with Crippen molar-refractivity contribution in [2.75, 3.05) is 50.7 Å². The Morgan fingerprint density at radius 3 is 2.44 bits per heavy atom. The number of alkyl halides is 1. The summed E-state index contributed by atoms with van der Waals surface area (Å²) in [5.74, 6) is -0.0648. The summed E-state index contributed by atoms with van der Waals surface area (Å²) in [6.07, 6.45) is 1.98. The summed E-state index contributed by atoms with van der Waals surface area (Å²) in [5.41, 5.74) is 2.44. The van der Waals surface area contributed by atoms with Gasteiger partial charge in [0.1, 0.15) is 18.8 Å². The molecule has 10 nitrogen and oxygen atoms in total. The molecule has 0 spiro atoms. The third-order valence-corrected chi connectivity index (χ3v) is 8.53. The summed E-state index contributed by atoms with van der Waals surface area (Å²) in [7, 11) is -7.28. The molecule has 0 saturated carbocycles. The van der Waals surface area contributed by atoms with Crippen LogP contribution in [-0.2, 0) is 29.5 Å². The first-order valence-corrected chi connectivity index (χ1v) is 12.8. The van der Waals surface area contributed by atoms with E-state index in [-0.39, 0.29) is 44.2 Å². The van der Waals surface area contributed by atoms with Crippen molar-refractivity contribution >= 4 is 37.7 Å². The summed E-state index contributed by atoms with van der Waals surface area (Å²) < 4.78 is 60.2. The Morgan fingerprint density at radius 1 is 1.26 bits per heavy atom. The van der Waals surface area contributed by atoms with Crippen LogP contribution in [0.2, 0.25) is 0 Å². The molecule has 1 atom stereocenters. The van der Waals surface area contributed by atoms with Gasteiger partial charge in [-0.25, -0.2) is 13.2 Å². The fourth-order valence-electron chi connectivity index (χ4n) is 3.09. The number of rotatable bonds is 7. The van der Waals surface area contributed by atoms with Crippen molar-refractivity contribution in [1.82, 2.24) is 9.73 Å². The summed E-state index contributed by atoms with van der Waals surface area (Å²) in [4.78, 5) is 12.3. The Kier molecular flexibility index (Phi) is 7.73. The highest BCUT2D eigenvalue weighted by molar-refractivity contribution is 7.88. The molecule has 1 unspecified atom stereocenters. The number of sulfonamides is 2. The minimum absolute atomic E-state index is 0.0286. The number of carbonyl (C=O) groups is 1. The highest BCUT2D eigenvalue weighted by Crippen LogP contribution is 2.21. The first kappa shape index (κ1) is 22.6. The van der Waals surface area contributed by atoms with E-state index in [1.54, 1.807) is 0 Å². The quantitative estimate of drug-likeness (QED) is 0.436. The fraction of sp³-hybridized carbons (Fsp3) is 0.929. The van der Waals surface area contributed by atoms with Gasteiger partial charge in [-0.1, -0.05) is 0 Å². The van der Waals surface area contributed by atoms with E-state index in [1.165, 1.54) is 4.31 Å². The number of hydrogen-bond acceptors (Lipinski definition) is 7. The molecule has 2 fully saturated rings. The summed E-state index contributed by atoms with van der Waals surface area (Å²) in [5, 5.41) is 0. The summed E-state index contributed by atoms with van der Waals surface area (Å²) >= 11 is 5.62. The van der Waals surface area contributed by atoms with Gasteiger partial charge in [-0.15, -0.1) is 21.0 Å². The van der Waals surface area contributed by atoms with Gasteiger partial charge in [0.25, 0.3) is 0 Å². The van der Waals surface area contributed by atoms with Crippen molar-refractivity contribution < 1.29 is 35.1 Å². The minimum Gasteiger partial charge on any atom is -0.416 e. The van der Waals surface area contributed by atoms with Crippen molar-refractivity contribution in [1.29, 1.82) is 0 Å². The number of ether oxygens (including phenoxy) is 2. The molecule has 1 N–H and O–H groups in total. The average molecular weight is 449 g/mol. The van der Waals surface area contributed by atoms with Gasteiger partial charge in [-0.2, -0.15) is 12.7 Å². The van der Waals surface area contributed by atoms with Gasteiger partial charge in [-0.3, -0.25) is 0 Å². The third kappa shape index (κ3) is 5.91. The van der Waals surface area contributed by atoms with Crippen LogP contribution in [0.4, 0.5) is 4.79 Å².